The van der Waals surface area contributed by atoms with Gasteiger partial charge in [0.15, 0.2) is 11.3 Å². The normalized spacial score (nSPS) is 11.2. The molecule has 0 fully saturated rings. The summed E-state index contributed by atoms with van der Waals surface area (Å²) in [5.74, 6) is -2.63. The minimum absolute atomic E-state index is 0.0957. The molecule has 0 radical (unpaired) electrons. The molecule has 0 saturated carbocycles. The molecular formula is C21H8Br4O7. The average Bonchev–Trinajstić information content (AvgIpc) is 2.75. The van der Waals surface area contributed by atoms with Crippen LogP contribution >= 0.6 is 63.7 Å². The lowest BCUT2D eigenvalue weighted by Crippen LogP contribution is -2.08. The molecule has 3 N–H and O–H groups in total. The predicted molar refractivity (Wildman–Crippen MR) is 131 cm³/mol. The molecule has 1 heterocycles. The highest BCUT2D eigenvalue weighted by Gasteiger charge is 2.28. The maximum atomic E-state index is 12.5. The number of rotatable bonds is 3. The summed E-state index contributed by atoms with van der Waals surface area (Å²) < 4.78 is 6.77. The Morgan fingerprint density at radius 3 is 2.16 bits per heavy atom. The van der Waals surface area contributed by atoms with Crippen molar-refractivity contribution in [2.75, 3.05) is 0 Å². The van der Waals surface area contributed by atoms with Crippen molar-refractivity contribution in [3.63, 3.8) is 0 Å². The lowest BCUT2D eigenvalue weighted by molar-refractivity contribution is 0.0696. The second-order valence-corrected chi connectivity index (χ2v) is 9.92. The van der Waals surface area contributed by atoms with E-state index in [0.29, 0.717) is 21.0 Å². The van der Waals surface area contributed by atoms with E-state index in [-0.39, 0.29) is 52.6 Å². The quantitative estimate of drug-likeness (QED) is 0.204. The number of phenolic OH excluding ortho intramolecular Hbond substituents is 1. The highest BCUT2D eigenvalue weighted by atomic mass is 79.9. The standard InChI is InChI=1S/C21H8Br4O7/c22-11-4-9-13(7-2-1-6(20(28)29)3-8(7)21(30)31)10-5-12(23)17(27)15(25)19(10)32-18(9)14(24)16(11)26/h1-5,26H,(H,28,29)(H,30,31). The van der Waals surface area contributed by atoms with E-state index < -0.39 is 11.9 Å². The Morgan fingerprint density at radius 1 is 0.844 bits per heavy atom. The van der Waals surface area contributed by atoms with Gasteiger partial charge < -0.3 is 19.7 Å². The van der Waals surface area contributed by atoms with Crippen LogP contribution in [-0.4, -0.2) is 27.3 Å². The van der Waals surface area contributed by atoms with E-state index in [1.165, 1.54) is 18.2 Å². The summed E-state index contributed by atoms with van der Waals surface area (Å²) in [6, 6.07) is 6.81. The Labute approximate surface area is 212 Å². The van der Waals surface area contributed by atoms with Crippen molar-refractivity contribution in [2.45, 2.75) is 0 Å². The molecular weight excluding hydrogens is 684 g/mol. The minimum atomic E-state index is -1.33. The summed E-state index contributed by atoms with van der Waals surface area (Å²) in [5.41, 5.74) is 0.305. The second-order valence-electron chi connectivity index (χ2n) is 6.62. The fraction of sp³-hybridized carbons (Fsp3) is 0. The topological polar surface area (TPSA) is 125 Å². The molecule has 0 amide bonds. The zero-order chi connectivity index (χ0) is 23.5. The van der Waals surface area contributed by atoms with Gasteiger partial charge in [-0.05, 0) is 93.5 Å². The van der Waals surface area contributed by atoms with Crippen molar-refractivity contribution in [3.05, 3.63) is 69.6 Å². The van der Waals surface area contributed by atoms with Crippen LogP contribution in [0.15, 0.2) is 57.4 Å². The van der Waals surface area contributed by atoms with E-state index in [4.69, 9.17) is 4.42 Å². The van der Waals surface area contributed by atoms with E-state index in [2.05, 4.69) is 63.7 Å². The molecule has 0 unspecified atom stereocenters. The number of hydrogen-bond acceptors (Lipinski definition) is 5. The van der Waals surface area contributed by atoms with Gasteiger partial charge in [0.2, 0.25) is 5.43 Å². The first-order valence-corrected chi connectivity index (χ1v) is 11.8. The van der Waals surface area contributed by atoms with E-state index in [9.17, 15) is 29.7 Å². The first kappa shape index (κ1) is 23.0. The molecule has 1 aliphatic heterocycles. The van der Waals surface area contributed by atoms with Gasteiger partial charge in [-0.1, -0.05) is 6.07 Å². The van der Waals surface area contributed by atoms with Gasteiger partial charge in [0.05, 0.1) is 20.1 Å². The van der Waals surface area contributed by atoms with Crippen LogP contribution in [0.2, 0.25) is 0 Å². The summed E-state index contributed by atoms with van der Waals surface area (Å²) in [6.45, 7) is 0. The lowest BCUT2D eigenvalue weighted by atomic mass is 9.90. The van der Waals surface area contributed by atoms with E-state index >= 15 is 0 Å². The molecule has 0 saturated heterocycles. The van der Waals surface area contributed by atoms with Crippen LogP contribution in [0.5, 0.6) is 5.75 Å². The SMILES string of the molecule is O=C(O)c1ccc(-c2c3cc(Br)c(=O)c(Br)c-3oc3c(Br)c(O)c(Br)cc23)c(C(=O)O)c1. The first-order valence-electron chi connectivity index (χ1n) is 8.59. The number of fused-ring (bicyclic) bond motifs is 2. The number of carboxylic acid groups (broad SMARTS) is 2. The van der Waals surface area contributed by atoms with Crippen LogP contribution in [0.25, 0.3) is 33.4 Å². The molecule has 2 aromatic carbocycles. The molecule has 7 nitrogen and oxygen atoms in total. The Balaban J connectivity index is 2.30. The molecule has 4 rings (SSSR count). The first-order chi connectivity index (χ1) is 15.0. The Kier molecular flexibility index (Phi) is 5.95. The van der Waals surface area contributed by atoms with Gasteiger partial charge in [0, 0.05) is 16.5 Å². The zero-order valence-corrected chi connectivity index (χ0v) is 21.7. The molecule has 2 aromatic rings. The van der Waals surface area contributed by atoms with Crippen molar-refractivity contribution in [3.8, 4) is 28.2 Å². The van der Waals surface area contributed by atoms with Crippen LogP contribution < -0.4 is 5.43 Å². The second kappa shape index (κ2) is 8.29. The van der Waals surface area contributed by atoms with Gasteiger partial charge in [-0.15, -0.1) is 0 Å². The number of halogens is 4. The summed E-state index contributed by atoms with van der Waals surface area (Å²) in [7, 11) is 0. The monoisotopic (exact) mass is 688 g/mol. The third kappa shape index (κ3) is 3.57. The molecule has 0 aromatic heterocycles. The van der Waals surface area contributed by atoms with Gasteiger partial charge in [0.25, 0.3) is 0 Å². The van der Waals surface area contributed by atoms with Crippen molar-refractivity contribution in [1.82, 2.24) is 0 Å². The molecule has 0 atom stereocenters. The third-order valence-corrected chi connectivity index (χ3v) is 7.44. The molecule has 0 bridgehead atoms. The average molecular weight is 692 g/mol. The van der Waals surface area contributed by atoms with Crippen molar-refractivity contribution < 1.29 is 29.3 Å². The highest BCUT2D eigenvalue weighted by Crippen LogP contribution is 2.49. The number of benzene rings is 3. The summed E-state index contributed by atoms with van der Waals surface area (Å²) >= 11 is 13.0. The zero-order valence-electron chi connectivity index (χ0n) is 15.4. The van der Waals surface area contributed by atoms with Crippen molar-refractivity contribution in [1.29, 1.82) is 0 Å². The smallest absolute Gasteiger partial charge is 0.336 e. The van der Waals surface area contributed by atoms with Crippen molar-refractivity contribution in [2.24, 2.45) is 0 Å². The molecule has 32 heavy (non-hydrogen) atoms. The number of carbonyl (C=O) groups is 2. The number of aromatic carboxylic acids is 2. The van der Waals surface area contributed by atoms with Gasteiger partial charge in [-0.2, -0.15) is 0 Å². The van der Waals surface area contributed by atoms with E-state index in [1.807, 2.05) is 0 Å². The summed E-state index contributed by atoms with van der Waals surface area (Å²) in [6.07, 6.45) is 0. The summed E-state index contributed by atoms with van der Waals surface area (Å²) in [4.78, 5) is 36.0. The maximum absolute atomic E-state index is 12.5. The van der Waals surface area contributed by atoms with Crippen LogP contribution in [0.3, 0.4) is 0 Å². The van der Waals surface area contributed by atoms with Gasteiger partial charge >= 0.3 is 11.9 Å². The largest absolute Gasteiger partial charge is 0.505 e. The Bertz CT molecular complexity index is 1510. The molecule has 2 aliphatic rings. The van der Waals surface area contributed by atoms with Crippen molar-refractivity contribution >= 4 is 86.6 Å². The predicted octanol–water partition coefficient (Wildman–Crippen LogP) is 6.72. The molecule has 11 heteroatoms. The van der Waals surface area contributed by atoms with Gasteiger partial charge in [-0.25, -0.2) is 9.59 Å². The summed E-state index contributed by atoms with van der Waals surface area (Å²) in [5, 5.41) is 29.9. The fourth-order valence-corrected chi connectivity index (χ4v) is 5.76. The minimum Gasteiger partial charge on any atom is -0.505 e. The molecule has 162 valence electrons. The number of aromatic hydroxyl groups is 1. The van der Waals surface area contributed by atoms with Crippen LogP contribution in [0.4, 0.5) is 0 Å². The fourth-order valence-electron chi connectivity index (χ4n) is 3.36. The highest BCUT2D eigenvalue weighted by molar-refractivity contribution is 9.11. The number of phenols is 1. The third-order valence-electron chi connectivity index (χ3n) is 4.79. The van der Waals surface area contributed by atoms with Crippen LogP contribution in [0, 0.1) is 0 Å². The van der Waals surface area contributed by atoms with E-state index in [0.717, 1.165) is 6.07 Å². The van der Waals surface area contributed by atoms with Gasteiger partial charge in [0.1, 0.15) is 14.7 Å². The van der Waals surface area contributed by atoms with Gasteiger partial charge in [-0.3, -0.25) is 4.79 Å². The van der Waals surface area contributed by atoms with Crippen LogP contribution in [0.1, 0.15) is 20.7 Å². The Morgan fingerprint density at radius 2 is 1.53 bits per heavy atom. The molecule has 0 spiro atoms. The van der Waals surface area contributed by atoms with Crippen LogP contribution in [-0.2, 0) is 0 Å². The lowest BCUT2D eigenvalue weighted by Gasteiger charge is -2.19. The number of carboxylic acids is 2. The Hall–Kier alpha value is -2.21. The molecule has 1 aliphatic carbocycles. The maximum Gasteiger partial charge on any atom is 0.336 e. The van der Waals surface area contributed by atoms with E-state index in [1.54, 1.807) is 6.07 Å². The number of hydrogen-bond donors (Lipinski definition) is 3.